The molecule has 2 aliphatic heterocycles. The molecule has 0 saturated carbocycles. The summed E-state index contributed by atoms with van der Waals surface area (Å²) in [6.45, 7) is 1.53. The summed E-state index contributed by atoms with van der Waals surface area (Å²) in [5, 5.41) is 1.34. The fourth-order valence-corrected chi connectivity index (χ4v) is 5.27. The second kappa shape index (κ2) is 8.01. The maximum atomic E-state index is 13.2. The Morgan fingerprint density at radius 2 is 2.03 bits per heavy atom. The van der Waals surface area contributed by atoms with Gasteiger partial charge in [-0.15, -0.1) is 0 Å². The van der Waals surface area contributed by atoms with Gasteiger partial charge in [0.1, 0.15) is 0 Å². The molecule has 29 heavy (non-hydrogen) atoms. The second-order valence-corrected chi connectivity index (χ2v) is 8.84. The van der Waals surface area contributed by atoms with Gasteiger partial charge in [0.25, 0.3) is 5.56 Å². The van der Waals surface area contributed by atoms with Gasteiger partial charge in [0.05, 0.1) is 23.6 Å². The van der Waals surface area contributed by atoms with Crippen LogP contribution in [0.2, 0.25) is 0 Å². The van der Waals surface area contributed by atoms with Crippen molar-refractivity contribution in [3.63, 3.8) is 0 Å². The van der Waals surface area contributed by atoms with Crippen LogP contribution in [0, 0.1) is 0 Å². The predicted molar refractivity (Wildman–Crippen MR) is 115 cm³/mol. The number of nitrogens with zero attached hydrogens (tertiary/aromatic N) is 2. The van der Waals surface area contributed by atoms with Gasteiger partial charge < -0.3 is 14.2 Å². The molecule has 1 saturated heterocycles. The minimum atomic E-state index is -0.0154. The monoisotopic (exact) mass is 474 g/mol. The number of hydrogen-bond donors (Lipinski definition) is 0. The summed E-state index contributed by atoms with van der Waals surface area (Å²) in [7, 11) is 0. The molecule has 1 atom stereocenters. The summed E-state index contributed by atoms with van der Waals surface area (Å²) in [6, 6.07) is 11.4. The molecule has 1 fully saturated rings. The Labute approximate surface area is 180 Å². The average Bonchev–Trinajstić information content (AvgIpc) is 3.40. The molecule has 8 heteroatoms. The van der Waals surface area contributed by atoms with Gasteiger partial charge in [0.2, 0.25) is 6.79 Å². The average molecular weight is 475 g/mol. The summed E-state index contributed by atoms with van der Waals surface area (Å²) < 4.78 is 19.4. The van der Waals surface area contributed by atoms with E-state index in [4.69, 9.17) is 19.2 Å². The summed E-state index contributed by atoms with van der Waals surface area (Å²) in [6.07, 6.45) is 2.07. The molecule has 0 aliphatic carbocycles. The molecule has 3 heterocycles. The molecule has 0 bridgehead atoms. The highest BCUT2D eigenvalue weighted by atomic mass is 79.9. The van der Waals surface area contributed by atoms with Crippen molar-refractivity contribution in [1.29, 1.82) is 0 Å². The molecule has 2 aromatic carbocycles. The van der Waals surface area contributed by atoms with Gasteiger partial charge >= 0.3 is 0 Å². The quantitative estimate of drug-likeness (QED) is 0.404. The number of rotatable bonds is 5. The molecular formula is C21H19BrN2O4S. The maximum absolute atomic E-state index is 13.2. The molecule has 0 N–H and O–H groups in total. The summed E-state index contributed by atoms with van der Waals surface area (Å²) in [4.78, 5) is 18.0. The number of halogens is 1. The molecule has 1 aromatic heterocycles. The zero-order valence-electron chi connectivity index (χ0n) is 15.6. The van der Waals surface area contributed by atoms with E-state index in [9.17, 15) is 4.79 Å². The molecule has 0 unspecified atom stereocenters. The highest BCUT2D eigenvalue weighted by molar-refractivity contribution is 9.10. The van der Waals surface area contributed by atoms with Gasteiger partial charge in [-0.25, -0.2) is 4.98 Å². The number of thioether (sulfide) groups is 1. The van der Waals surface area contributed by atoms with Crippen LogP contribution in [0.1, 0.15) is 18.4 Å². The minimum Gasteiger partial charge on any atom is -0.454 e. The smallest absolute Gasteiger partial charge is 0.262 e. The highest BCUT2D eigenvalue weighted by Gasteiger charge is 2.21. The minimum absolute atomic E-state index is 0.0154. The normalized spacial score (nSPS) is 17.9. The van der Waals surface area contributed by atoms with Gasteiger partial charge in [-0.05, 0) is 42.7 Å². The first-order chi connectivity index (χ1) is 14.2. The van der Waals surface area contributed by atoms with E-state index < -0.39 is 0 Å². The van der Waals surface area contributed by atoms with Gasteiger partial charge in [0.15, 0.2) is 16.7 Å². The van der Waals surface area contributed by atoms with E-state index in [2.05, 4.69) is 15.9 Å². The van der Waals surface area contributed by atoms with Crippen LogP contribution >= 0.6 is 27.7 Å². The zero-order valence-corrected chi connectivity index (χ0v) is 18.0. The number of ether oxygens (including phenoxy) is 3. The van der Waals surface area contributed by atoms with Crippen molar-refractivity contribution in [2.45, 2.75) is 36.4 Å². The van der Waals surface area contributed by atoms with E-state index in [-0.39, 0.29) is 18.5 Å². The number of hydrogen-bond acceptors (Lipinski definition) is 6. The molecule has 5 rings (SSSR count). The van der Waals surface area contributed by atoms with E-state index in [1.54, 1.807) is 16.3 Å². The van der Waals surface area contributed by atoms with Crippen LogP contribution in [0.25, 0.3) is 10.9 Å². The lowest BCUT2D eigenvalue weighted by molar-refractivity contribution is 0.0937. The summed E-state index contributed by atoms with van der Waals surface area (Å²) in [5.41, 5.74) is 1.76. The van der Waals surface area contributed by atoms with E-state index in [1.165, 1.54) is 0 Å². The van der Waals surface area contributed by atoms with Crippen LogP contribution in [0.4, 0.5) is 0 Å². The standard InChI is InChI=1S/C21H19BrN2O4S/c22-16-9-19-18(27-12-28-19)8-13(16)11-29-21-23-17-6-2-1-5-15(17)20(25)24(21)10-14-4-3-7-26-14/h1-2,5-6,8-9,14H,3-4,7,10-12H2/t14-/m1/s1. The Hall–Kier alpha value is -2.03. The lowest BCUT2D eigenvalue weighted by Crippen LogP contribution is -2.28. The first-order valence-corrected chi connectivity index (χ1v) is 11.3. The lowest BCUT2D eigenvalue weighted by Gasteiger charge is -2.16. The SMILES string of the molecule is O=c1c2ccccc2nc(SCc2cc3c(cc2Br)OCO3)n1C[C@H]1CCCO1. The molecule has 0 spiro atoms. The second-order valence-electron chi connectivity index (χ2n) is 7.05. The lowest BCUT2D eigenvalue weighted by atomic mass is 10.2. The van der Waals surface area contributed by atoms with Crippen molar-refractivity contribution >= 4 is 38.6 Å². The Bertz CT molecular complexity index is 1130. The largest absolute Gasteiger partial charge is 0.454 e. The van der Waals surface area contributed by atoms with Crippen LogP contribution in [0.15, 0.2) is 50.8 Å². The third-order valence-electron chi connectivity index (χ3n) is 5.14. The first-order valence-electron chi connectivity index (χ1n) is 9.51. The predicted octanol–water partition coefficient (Wildman–Crippen LogP) is 4.36. The fraction of sp³-hybridized carbons (Fsp3) is 0.333. The molecule has 2 aliphatic rings. The molecular weight excluding hydrogens is 456 g/mol. The number of aromatic nitrogens is 2. The molecule has 0 amide bonds. The van der Waals surface area contributed by atoms with E-state index >= 15 is 0 Å². The topological polar surface area (TPSA) is 62.6 Å². The van der Waals surface area contributed by atoms with E-state index in [1.807, 2.05) is 36.4 Å². The number of benzene rings is 2. The van der Waals surface area contributed by atoms with Crippen LogP contribution in [-0.4, -0.2) is 29.1 Å². The van der Waals surface area contributed by atoms with Crippen LogP contribution in [0.3, 0.4) is 0 Å². The van der Waals surface area contributed by atoms with E-state index in [0.717, 1.165) is 41.0 Å². The van der Waals surface area contributed by atoms with Crippen LogP contribution in [0.5, 0.6) is 11.5 Å². The van der Waals surface area contributed by atoms with Crippen LogP contribution < -0.4 is 15.0 Å². The molecule has 0 radical (unpaired) electrons. The first kappa shape index (κ1) is 19.0. The maximum Gasteiger partial charge on any atom is 0.262 e. The Balaban J connectivity index is 1.49. The van der Waals surface area contributed by atoms with Crippen LogP contribution in [-0.2, 0) is 17.0 Å². The fourth-order valence-electron chi connectivity index (χ4n) is 3.62. The van der Waals surface area contributed by atoms with Crippen molar-refractivity contribution in [3.8, 4) is 11.5 Å². The van der Waals surface area contributed by atoms with Crippen molar-refractivity contribution in [3.05, 3.63) is 56.8 Å². The Kier molecular flexibility index (Phi) is 5.24. The highest BCUT2D eigenvalue weighted by Crippen LogP contribution is 2.38. The van der Waals surface area contributed by atoms with Crippen molar-refractivity contribution in [1.82, 2.24) is 9.55 Å². The third-order valence-corrected chi connectivity index (χ3v) is 6.90. The Morgan fingerprint density at radius 3 is 2.86 bits per heavy atom. The Morgan fingerprint density at radius 1 is 1.21 bits per heavy atom. The summed E-state index contributed by atoms with van der Waals surface area (Å²) in [5.74, 6) is 2.13. The van der Waals surface area contributed by atoms with Gasteiger partial charge in [-0.2, -0.15) is 0 Å². The number of para-hydroxylation sites is 1. The van der Waals surface area contributed by atoms with Crippen molar-refractivity contribution < 1.29 is 14.2 Å². The molecule has 150 valence electrons. The summed E-state index contributed by atoms with van der Waals surface area (Å²) >= 11 is 5.15. The van der Waals surface area contributed by atoms with Crippen molar-refractivity contribution in [2.24, 2.45) is 0 Å². The van der Waals surface area contributed by atoms with Crippen molar-refractivity contribution in [2.75, 3.05) is 13.4 Å². The van der Waals surface area contributed by atoms with Gasteiger partial charge in [0, 0.05) is 16.8 Å². The third kappa shape index (κ3) is 3.76. The van der Waals surface area contributed by atoms with Gasteiger partial charge in [-0.3, -0.25) is 9.36 Å². The van der Waals surface area contributed by atoms with E-state index in [0.29, 0.717) is 28.4 Å². The zero-order chi connectivity index (χ0) is 19.8. The van der Waals surface area contributed by atoms with Gasteiger partial charge in [-0.1, -0.05) is 39.8 Å². The molecule has 3 aromatic rings. The number of fused-ring (bicyclic) bond motifs is 2. The molecule has 6 nitrogen and oxygen atoms in total.